The quantitative estimate of drug-likeness (QED) is 0.316. The van der Waals surface area contributed by atoms with Gasteiger partial charge in [-0.05, 0) is 52.9 Å². The van der Waals surface area contributed by atoms with Gasteiger partial charge in [-0.2, -0.15) is 0 Å². The third-order valence-corrected chi connectivity index (χ3v) is 10.8. The summed E-state index contributed by atoms with van der Waals surface area (Å²) in [6, 6.07) is 1.53. The van der Waals surface area contributed by atoms with E-state index in [0.717, 1.165) is 50.9 Å². The van der Waals surface area contributed by atoms with Crippen molar-refractivity contribution in [2.45, 2.75) is 37.8 Å². The molecule has 0 atom stereocenters. The van der Waals surface area contributed by atoms with Crippen molar-refractivity contribution in [3.8, 4) is 0 Å². The zero-order valence-electron chi connectivity index (χ0n) is 15.7. The molecular formula is C14H36N2O5Si2. The number of rotatable bonds is 16. The van der Waals surface area contributed by atoms with Crippen LogP contribution < -0.4 is 10.6 Å². The largest absolute Gasteiger partial charge is 0.493 e. The molecule has 7 nitrogen and oxygen atoms in total. The highest BCUT2D eigenvalue weighted by Crippen LogP contribution is 2.27. The Kier molecular flexibility index (Phi) is 13.5. The molecule has 0 rings (SSSR count). The molecule has 0 aliphatic heterocycles. The summed E-state index contributed by atoms with van der Waals surface area (Å²) in [5.41, 5.74) is 0. The van der Waals surface area contributed by atoms with Crippen molar-refractivity contribution < 1.29 is 21.8 Å². The summed E-state index contributed by atoms with van der Waals surface area (Å²) in [4.78, 5) is 0. The lowest BCUT2D eigenvalue weighted by Crippen LogP contribution is -2.57. The van der Waals surface area contributed by atoms with Gasteiger partial charge >= 0.3 is 17.6 Å². The van der Waals surface area contributed by atoms with Crippen molar-refractivity contribution in [1.82, 2.24) is 10.6 Å². The van der Waals surface area contributed by atoms with Crippen LogP contribution in [0.15, 0.2) is 0 Å². The number of unbranched alkanes of at least 4 members (excludes halogenated alkanes) is 2. The van der Waals surface area contributed by atoms with Crippen LogP contribution >= 0.6 is 0 Å². The van der Waals surface area contributed by atoms with Gasteiger partial charge in [-0.3, -0.25) is 0 Å². The van der Waals surface area contributed by atoms with Crippen LogP contribution in [-0.4, -0.2) is 73.2 Å². The van der Waals surface area contributed by atoms with Gasteiger partial charge in [-0.1, -0.05) is 0 Å². The molecule has 0 spiro atoms. The van der Waals surface area contributed by atoms with Crippen LogP contribution in [-0.2, 0) is 21.8 Å². The van der Waals surface area contributed by atoms with Crippen molar-refractivity contribution in [2.75, 3.05) is 55.6 Å². The van der Waals surface area contributed by atoms with E-state index in [-0.39, 0.29) is 0 Å². The van der Waals surface area contributed by atoms with Crippen molar-refractivity contribution >= 4 is 17.6 Å². The molecule has 0 aromatic rings. The highest BCUT2D eigenvalue weighted by atomic mass is 28.5. The van der Waals surface area contributed by atoms with E-state index < -0.39 is 17.6 Å². The monoisotopic (exact) mass is 368 g/mol. The Morgan fingerprint density at radius 3 is 1.22 bits per heavy atom. The van der Waals surface area contributed by atoms with Crippen LogP contribution in [0.3, 0.4) is 0 Å². The van der Waals surface area contributed by atoms with Gasteiger partial charge in [0.15, 0.2) is 0 Å². The molecule has 0 amide bonds. The highest BCUT2D eigenvalue weighted by Gasteiger charge is 2.51. The van der Waals surface area contributed by atoms with Gasteiger partial charge in [0.1, 0.15) is 0 Å². The molecule has 140 valence electrons. The molecule has 0 unspecified atom stereocenters. The second kappa shape index (κ2) is 13.4. The molecule has 0 aliphatic rings. The molecule has 2 N–H and O–H groups in total. The Morgan fingerprint density at radius 1 is 0.609 bits per heavy atom. The van der Waals surface area contributed by atoms with E-state index in [1.165, 1.54) is 0 Å². The minimum atomic E-state index is -2.77. The number of nitrogens with one attached hydrogen (secondary N) is 2. The third kappa shape index (κ3) is 8.70. The Bertz CT molecular complexity index is 254. The van der Waals surface area contributed by atoms with E-state index in [9.17, 15) is 0 Å². The predicted octanol–water partition coefficient (Wildman–Crippen LogP) is 1.47. The van der Waals surface area contributed by atoms with Gasteiger partial charge in [0.25, 0.3) is 0 Å². The molecule has 0 heterocycles. The maximum atomic E-state index is 6.33. The Labute approximate surface area is 144 Å². The molecule has 9 heteroatoms. The SMILES string of the molecule is CNCCCC[Si](OC)(OC)O[Si](CCCCNC)(OC)OC. The zero-order valence-corrected chi connectivity index (χ0v) is 17.7. The first-order valence-electron chi connectivity index (χ1n) is 8.27. The summed E-state index contributed by atoms with van der Waals surface area (Å²) in [6.07, 6.45) is 4.06. The normalized spacial score (nSPS) is 12.8. The average Bonchev–Trinajstić information content (AvgIpc) is 2.60. The first kappa shape index (κ1) is 23.2. The molecule has 0 aromatic heterocycles. The summed E-state index contributed by atoms with van der Waals surface area (Å²) in [6.45, 7) is 1.94. The van der Waals surface area contributed by atoms with E-state index in [4.69, 9.17) is 21.8 Å². The van der Waals surface area contributed by atoms with Gasteiger partial charge in [0.05, 0.1) is 0 Å². The van der Waals surface area contributed by atoms with Crippen LogP contribution in [0.1, 0.15) is 25.7 Å². The summed E-state index contributed by atoms with van der Waals surface area (Å²) in [7, 11) is 4.97. The van der Waals surface area contributed by atoms with Crippen LogP contribution in [0.2, 0.25) is 12.1 Å². The molecule has 0 saturated carbocycles. The highest BCUT2D eigenvalue weighted by molar-refractivity contribution is 6.74. The second-order valence-corrected chi connectivity index (χ2v) is 11.6. The van der Waals surface area contributed by atoms with E-state index in [1.807, 2.05) is 14.1 Å². The topological polar surface area (TPSA) is 70.2 Å². The fourth-order valence-corrected chi connectivity index (χ4v) is 8.93. The van der Waals surface area contributed by atoms with E-state index >= 15 is 0 Å². The lowest BCUT2D eigenvalue weighted by atomic mass is 10.3. The minimum Gasteiger partial charge on any atom is -0.377 e. The summed E-state index contributed by atoms with van der Waals surface area (Å²) in [5, 5.41) is 6.29. The standard InChI is InChI=1S/C14H36N2O5Si2/c1-15-11-7-9-13-22(17-3,18-4)21-23(19-5,20-6)14-10-8-12-16-2/h15-16H,7-14H2,1-6H3. The third-order valence-electron chi connectivity index (χ3n) is 3.87. The predicted molar refractivity (Wildman–Crippen MR) is 96.6 cm³/mol. The second-order valence-electron chi connectivity index (χ2n) is 5.41. The lowest BCUT2D eigenvalue weighted by molar-refractivity contribution is 0.0857. The number of hydrogen-bond donors (Lipinski definition) is 2. The fraction of sp³-hybridized carbons (Fsp3) is 1.00. The van der Waals surface area contributed by atoms with Gasteiger partial charge in [0.2, 0.25) is 0 Å². The van der Waals surface area contributed by atoms with E-state index in [1.54, 1.807) is 28.4 Å². The molecule has 0 radical (unpaired) electrons. The first-order chi connectivity index (χ1) is 11.1. The summed E-state index contributed by atoms with van der Waals surface area (Å²) >= 11 is 0. The maximum absolute atomic E-state index is 6.33. The van der Waals surface area contributed by atoms with E-state index in [0.29, 0.717) is 0 Å². The Hall–Kier alpha value is 0.154. The molecule has 0 bridgehead atoms. The Morgan fingerprint density at radius 2 is 0.957 bits per heavy atom. The fourth-order valence-electron chi connectivity index (χ4n) is 2.37. The van der Waals surface area contributed by atoms with Gasteiger partial charge in [-0.25, -0.2) is 0 Å². The van der Waals surface area contributed by atoms with E-state index in [2.05, 4.69) is 10.6 Å². The average molecular weight is 369 g/mol. The van der Waals surface area contributed by atoms with Gasteiger partial charge < -0.3 is 32.5 Å². The van der Waals surface area contributed by atoms with Crippen molar-refractivity contribution in [2.24, 2.45) is 0 Å². The van der Waals surface area contributed by atoms with Crippen LogP contribution in [0.25, 0.3) is 0 Å². The van der Waals surface area contributed by atoms with Crippen LogP contribution in [0.4, 0.5) is 0 Å². The number of hydrogen-bond acceptors (Lipinski definition) is 7. The van der Waals surface area contributed by atoms with Crippen molar-refractivity contribution in [3.63, 3.8) is 0 Å². The smallest absolute Gasteiger partial charge is 0.377 e. The zero-order chi connectivity index (χ0) is 17.6. The molecule has 0 fully saturated rings. The van der Waals surface area contributed by atoms with Gasteiger partial charge in [-0.15, -0.1) is 0 Å². The lowest BCUT2D eigenvalue weighted by Gasteiger charge is -2.35. The molecular weight excluding hydrogens is 332 g/mol. The van der Waals surface area contributed by atoms with Crippen LogP contribution in [0.5, 0.6) is 0 Å². The molecule has 0 aliphatic carbocycles. The summed E-state index contributed by atoms with van der Waals surface area (Å²) in [5.74, 6) is 0. The van der Waals surface area contributed by atoms with Crippen LogP contribution in [0, 0.1) is 0 Å². The molecule has 0 saturated heterocycles. The van der Waals surface area contributed by atoms with Crippen molar-refractivity contribution in [1.29, 1.82) is 0 Å². The minimum absolute atomic E-state index is 0.764. The Balaban J connectivity index is 4.77. The van der Waals surface area contributed by atoms with Crippen molar-refractivity contribution in [3.05, 3.63) is 0 Å². The summed E-state index contributed by atoms with van der Waals surface area (Å²) < 4.78 is 29.1. The molecule has 23 heavy (non-hydrogen) atoms. The molecule has 0 aromatic carbocycles. The van der Waals surface area contributed by atoms with Gasteiger partial charge in [0, 0.05) is 40.5 Å². The maximum Gasteiger partial charge on any atom is 0.493 e. The first-order valence-corrected chi connectivity index (χ1v) is 12.1.